The molecule has 1 fully saturated rings. The van der Waals surface area contributed by atoms with Gasteiger partial charge in [-0.3, -0.25) is 4.79 Å². The van der Waals surface area contributed by atoms with E-state index in [0.29, 0.717) is 12.2 Å². The minimum Gasteiger partial charge on any atom is -0.463 e. The predicted octanol–water partition coefficient (Wildman–Crippen LogP) is 2.13. The molecule has 0 radical (unpaired) electrons. The van der Waals surface area contributed by atoms with E-state index in [4.69, 9.17) is 9.47 Å². The molecule has 1 aliphatic heterocycles. The SMILES string of the molecule is C=CC(=O)OCCCCC(NC(=O)C(=C)C)C1CCCO1. The lowest BCUT2D eigenvalue weighted by Gasteiger charge is -2.24. The first kappa shape index (κ1) is 17.4. The van der Waals surface area contributed by atoms with Crippen LogP contribution in [0.5, 0.6) is 0 Å². The van der Waals surface area contributed by atoms with Crippen LogP contribution in [0.1, 0.15) is 39.0 Å². The van der Waals surface area contributed by atoms with Crippen LogP contribution >= 0.6 is 0 Å². The van der Waals surface area contributed by atoms with Crippen LogP contribution < -0.4 is 5.32 Å². The largest absolute Gasteiger partial charge is 0.463 e. The van der Waals surface area contributed by atoms with Gasteiger partial charge in [-0.25, -0.2) is 4.79 Å². The third-order valence-corrected chi connectivity index (χ3v) is 3.44. The molecule has 1 saturated heterocycles. The molecule has 0 bridgehead atoms. The second kappa shape index (κ2) is 9.34. The van der Waals surface area contributed by atoms with E-state index in [2.05, 4.69) is 18.5 Å². The number of hydrogen-bond acceptors (Lipinski definition) is 4. The summed E-state index contributed by atoms with van der Waals surface area (Å²) in [5.74, 6) is -0.533. The maximum atomic E-state index is 11.8. The van der Waals surface area contributed by atoms with Crippen molar-refractivity contribution in [1.82, 2.24) is 5.32 Å². The van der Waals surface area contributed by atoms with E-state index in [-0.39, 0.29) is 18.1 Å². The fourth-order valence-corrected chi connectivity index (χ4v) is 2.26. The summed E-state index contributed by atoms with van der Waals surface area (Å²) in [5, 5.41) is 2.98. The van der Waals surface area contributed by atoms with Gasteiger partial charge in [0.1, 0.15) is 0 Å². The summed E-state index contributed by atoms with van der Waals surface area (Å²) in [6.45, 7) is 9.81. The first-order valence-corrected chi connectivity index (χ1v) is 7.41. The topological polar surface area (TPSA) is 64.6 Å². The molecule has 2 unspecified atom stereocenters. The van der Waals surface area contributed by atoms with E-state index >= 15 is 0 Å². The summed E-state index contributed by atoms with van der Waals surface area (Å²) >= 11 is 0. The Labute approximate surface area is 126 Å². The summed E-state index contributed by atoms with van der Waals surface area (Å²) in [7, 11) is 0. The van der Waals surface area contributed by atoms with E-state index in [0.717, 1.165) is 44.8 Å². The Morgan fingerprint density at radius 3 is 2.81 bits per heavy atom. The lowest BCUT2D eigenvalue weighted by molar-refractivity contribution is -0.137. The van der Waals surface area contributed by atoms with Crippen molar-refractivity contribution in [3.63, 3.8) is 0 Å². The Morgan fingerprint density at radius 2 is 2.24 bits per heavy atom. The van der Waals surface area contributed by atoms with Gasteiger partial charge in [-0.1, -0.05) is 13.2 Å². The molecule has 5 heteroatoms. The fraction of sp³-hybridized carbons (Fsp3) is 0.625. The van der Waals surface area contributed by atoms with Crippen molar-refractivity contribution in [2.24, 2.45) is 0 Å². The summed E-state index contributed by atoms with van der Waals surface area (Å²) < 4.78 is 10.6. The molecular formula is C16H25NO4. The number of carbonyl (C=O) groups excluding carboxylic acids is 2. The highest BCUT2D eigenvalue weighted by Crippen LogP contribution is 2.19. The van der Waals surface area contributed by atoms with Gasteiger partial charge in [0.15, 0.2) is 0 Å². The third-order valence-electron chi connectivity index (χ3n) is 3.44. The molecule has 0 aliphatic carbocycles. The fourth-order valence-electron chi connectivity index (χ4n) is 2.26. The second-order valence-electron chi connectivity index (χ2n) is 5.28. The van der Waals surface area contributed by atoms with Gasteiger partial charge in [0.25, 0.3) is 0 Å². The van der Waals surface area contributed by atoms with Crippen LogP contribution in [0.15, 0.2) is 24.8 Å². The van der Waals surface area contributed by atoms with Crippen molar-refractivity contribution in [2.45, 2.75) is 51.2 Å². The van der Waals surface area contributed by atoms with Crippen molar-refractivity contribution in [3.05, 3.63) is 24.8 Å². The second-order valence-corrected chi connectivity index (χ2v) is 5.28. The average Bonchev–Trinajstić information content (AvgIpc) is 2.99. The Balaban J connectivity index is 2.34. The average molecular weight is 295 g/mol. The Kier molecular flexibility index (Phi) is 7.75. The molecule has 0 aromatic carbocycles. The highest BCUT2D eigenvalue weighted by Gasteiger charge is 2.26. The van der Waals surface area contributed by atoms with Crippen molar-refractivity contribution in [3.8, 4) is 0 Å². The maximum absolute atomic E-state index is 11.8. The highest BCUT2D eigenvalue weighted by atomic mass is 16.5. The van der Waals surface area contributed by atoms with Crippen LogP contribution in [0.2, 0.25) is 0 Å². The van der Waals surface area contributed by atoms with Crippen LogP contribution in [0.25, 0.3) is 0 Å². The Morgan fingerprint density at radius 1 is 1.48 bits per heavy atom. The molecule has 1 N–H and O–H groups in total. The minimum atomic E-state index is -0.402. The number of esters is 1. The molecule has 0 aromatic heterocycles. The smallest absolute Gasteiger partial charge is 0.330 e. The third kappa shape index (κ3) is 6.58. The van der Waals surface area contributed by atoms with Gasteiger partial charge in [-0.2, -0.15) is 0 Å². The molecule has 1 heterocycles. The number of amides is 1. The standard InChI is InChI=1S/C16H25NO4/c1-4-15(18)21-10-6-5-8-13(14-9-7-11-20-14)17-16(19)12(2)3/h4,13-14H,1-2,5-11H2,3H3,(H,17,19). The Hall–Kier alpha value is -1.62. The molecule has 0 spiro atoms. The molecule has 0 saturated carbocycles. The first-order chi connectivity index (χ1) is 10.0. The monoisotopic (exact) mass is 295 g/mol. The zero-order valence-electron chi connectivity index (χ0n) is 12.7. The zero-order chi connectivity index (χ0) is 15.7. The van der Waals surface area contributed by atoms with E-state index < -0.39 is 5.97 Å². The van der Waals surface area contributed by atoms with Crippen molar-refractivity contribution in [1.29, 1.82) is 0 Å². The summed E-state index contributed by atoms with van der Waals surface area (Å²) in [6, 6.07) is -0.00759. The lowest BCUT2D eigenvalue weighted by Crippen LogP contribution is -2.43. The molecule has 2 atom stereocenters. The number of rotatable bonds is 9. The van der Waals surface area contributed by atoms with Gasteiger partial charge in [0.05, 0.1) is 18.8 Å². The summed E-state index contributed by atoms with van der Waals surface area (Å²) in [4.78, 5) is 22.7. The van der Waals surface area contributed by atoms with Gasteiger partial charge in [-0.15, -0.1) is 0 Å². The quantitative estimate of drug-likeness (QED) is 0.402. The number of ether oxygens (including phenoxy) is 2. The minimum absolute atomic E-state index is 0.00759. The van der Waals surface area contributed by atoms with Gasteiger partial charge in [-0.05, 0) is 39.0 Å². The number of carbonyl (C=O) groups is 2. The Bertz CT molecular complexity index is 386. The van der Waals surface area contributed by atoms with Gasteiger partial charge in [0.2, 0.25) is 5.91 Å². The molecular weight excluding hydrogens is 270 g/mol. The van der Waals surface area contributed by atoms with Crippen molar-refractivity contribution >= 4 is 11.9 Å². The van der Waals surface area contributed by atoms with Crippen molar-refractivity contribution < 1.29 is 19.1 Å². The van der Waals surface area contributed by atoms with Crippen LogP contribution in [0.4, 0.5) is 0 Å². The maximum Gasteiger partial charge on any atom is 0.330 e. The van der Waals surface area contributed by atoms with Crippen LogP contribution in [-0.4, -0.2) is 37.2 Å². The number of hydrogen-bond donors (Lipinski definition) is 1. The lowest BCUT2D eigenvalue weighted by atomic mass is 10.0. The molecule has 0 aromatic rings. The van der Waals surface area contributed by atoms with Crippen LogP contribution in [0, 0.1) is 0 Å². The van der Waals surface area contributed by atoms with Gasteiger partial charge in [0, 0.05) is 18.3 Å². The van der Waals surface area contributed by atoms with Gasteiger partial charge < -0.3 is 14.8 Å². The van der Waals surface area contributed by atoms with E-state index in [1.165, 1.54) is 0 Å². The zero-order valence-corrected chi connectivity index (χ0v) is 12.7. The number of unbranched alkanes of at least 4 members (excludes halogenated alkanes) is 1. The highest BCUT2D eigenvalue weighted by molar-refractivity contribution is 5.92. The number of nitrogens with one attached hydrogen (secondary N) is 1. The summed E-state index contributed by atoms with van der Waals surface area (Å²) in [5.41, 5.74) is 0.498. The molecule has 1 rings (SSSR count). The van der Waals surface area contributed by atoms with E-state index in [1.807, 2.05) is 0 Å². The van der Waals surface area contributed by atoms with E-state index in [9.17, 15) is 9.59 Å². The molecule has 118 valence electrons. The van der Waals surface area contributed by atoms with Crippen LogP contribution in [0.3, 0.4) is 0 Å². The van der Waals surface area contributed by atoms with Crippen molar-refractivity contribution in [2.75, 3.05) is 13.2 Å². The van der Waals surface area contributed by atoms with E-state index in [1.54, 1.807) is 6.92 Å². The predicted molar refractivity (Wildman–Crippen MR) is 80.7 cm³/mol. The normalized spacial score (nSPS) is 18.8. The molecule has 5 nitrogen and oxygen atoms in total. The molecule has 21 heavy (non-hydrogen) atoms. The first-order valence-electron chi connectivity index (χ1n) is 7.41. The molecule has 1 aliphatic rings. The summed E-state index contributed by atoms with van der Waals surface area (Å²) in [6.07, 6.45) is 5.63. The molecule has 1 amide bonds. The van der Waals surface area contributed by atoms with Gasteiger partial charge >= 0.3 is 5.97 Å². The van der Waals surface area contributed by atoms with Crippen LogP contribution in [-0.2, 0) is 19.1 Å².